The van der Waals surface area contributed by atoms with E-state index in [0.717, 1.165) is 0 Å². The van der Waals surface area contributed by atoms with E-state index in [9.17, 15) is 4.39 Å². The molecule has 70 valence electrons. The molecule has 0 saturated carbocycles. The summed E-state index contributed by atoms with van der Waals surface area (Å²) in [6, 6.07) is -0.935. The molecule has 1 aliphatic rings. The normalized spacial score (nSPS) is 42.6. The van der Waals surface area contributed by atoms with Crippen LogP contribution in [0.1, 0.15) is 8.27 Å². The third kappa shape index (κ3) is 2.43. The number of aliphatic hydroxyl groups excluding tert-OH is 1. The van der Waals surface area contributed by atoms with Crippen molar-refractivity contribution >= 4 is 7.85 Å². The molecule has 1 unspecified atom stereocenters. The summed E-state index contributed by atoms with van der Waals surface area (Å²) in [5.74, 6) is 0. The van der Waals surface area contributed by atoms with Crippen molar-refractivity contribution < 1.29 is 20.3 Å². The number of rotatable bonds is 1. The van der Waals surface area contributed by atoms with Gasteiger partial charge in [0.2, 0.25) is 1.43 Å². The summed E-state index contributed by atoms with van der Waals surface area (Å²) in [7, 11) is 7.93. The molecule has 0 aromatic heterocycles. The highest BCUT2D eigenvalue weighted by molar-refractivity contribution is 6.11. The lowest BCUT2D eigenvalue weighted by Gasteiger charge is -2.12. The fourth-order valence-corrected chi connectivity index (χ4v) is 1.03. The molecular formula is C7H14BFO3. The summed E-state index contributed by atoms with van der Waals surface area (Å²) in [4.78, 5) is 0. The zero-order valence-electron chi connectivity index (χ0n) is 9.20. The Morgan fingerprint density at radius 2 is 2.50 bits per heavy atom. The van der Waals surface area contributed by atoms with Crippen LogP contribution >= 0.6 is 0 Å². The molecule has 3 nitrogen and oxygen atoms in total. The number of ether oxygens (including phenoxy) is 2. The molecule has 0 amide bonds. The van der Waals surface area contributed by atoms with Gasteiger partial charge < -0.3 is 14.6 Å². The molecule has 1 fully saturated rings. The number of halogens is 1. The average molecular weight is 179 g/mol. The first-order chi connectivity index (χ1) is 6.62. The van der Waals surface area contributed by atoms with Crippen molar-refractivity contribution in [1.82, 2.24) is 0 Å². The van der Waals surface area contributed by atoms with Crippen molar-refractivity contribution in [2.45, 2.75) is 31.3 Å². The second-order valence-electron chi connectivity index (χ2n) is 2.28. The Balaban J connectivity index is 0.000000500. The standard InChI is InChI=1S/C6H10BFO2.CH4O/c1-3-5(9-2)4(8)6(7)10-3;1-2/h3-6H,1-2H3;2H,1H3/t3-,4+,5?,6-;/m1./s1/i1D;2T. The predicted octanol–water partition coefficient (Wildman–Crippen LogP) is -0.139. The highest BCUT2D eigenvalue weighted by Gasteiger charge is 2.39. The Morgan fingerprint density at radius 3 is 2.83 bits per heavy atom. The minimum Gasteiger partial charge on any atom is -0.400 e. The quantitative estimate of drug-likeness (QED) is 0.569. The molecule has 1 heterocycles. The van der Waals surface area contributed by atoms with Crippen LogP contribution in [0.25, 0.3) is 0 Å². The minimum absolute atomic E-state index is 0.0212. The van der Waals surface area contributed by atoms with E-state index in [1.54, 1.807) is 0 Å². The largest absolute Gasteiger partial charge is 0.400 e. The molecule has 4 atom stereocenters. The van der Waals surface area contributed by atoms with Gasteiger partial charge >= 0.3 is 0 Å². The monoisotopic (exact) mass is 179 g/mol. The van der Waals surface area contributed by atoms with Crippen molar-refractivity contribution in [3.8, 4) is 0 Å². The summed E-state index contributed by atoms with van der Waals surface area (Å²) in [6.07, 6.45) is -2.51. The number of hydrogen-bond donors (Lipinski definition) is 1. The fourth-order valence-electron chi connectivity index (χ4n) is 1.03. The van der Waals surface area contributed by atoms with Crippen molar-refractivity contribution in [2.75, 3.05) is 14.2 Å². The molecule has 0 bridgehead atoms. The first-order valence-corrected chi connectivity index (χ1v) is 3.48. The van der Waals surface area contributed by atoms with Gasteiger partial charge in [0, 0.05) is 15.6 Å². The topological polar surface area (TPSA) is 38.7 Å². The van der Waals surface area contributed by atoms with Gasteiger partial charge in [-0.3, -0.25) is 0 Å². The number of alkyl halides is 1. The smallest absolute Gasteiger partial charge is 0.210 e. The molecule has 1 rings (SSSR count). The van der Waals surface area contributed by atoms with Crippen LogP contribution in [0.5, 0.6) is 0 Å². The molecular weight excluding hydrogens is 162 g/mol. The fraction of sp³-hybridized carbons (Fsp3) is 1.00. The molecule has 1 aliphatic heterocycles. The molecule has 0 spiro atoms. The second-order valence-corrected chi connectivity index (χ2v) is 2.28. The van der Waals surface area contributed by atoms with Gasteiger partial charge in [-0.05, 0) is 6.90 Å². The second kappa shape index (κ2) is 5.51. The Hall–Kier alpha value is -0.125. The maximum absolute atomic E-state index is 13.0. The molecule has 5 heteroatoms. The lowest BCUT2D eigenvalue weighted by Crippen LogP contribution is -2.29. The van der Waals surface area contributed by atoms with Crippen LogP contribution < -0.4 is 0 Å². The van der Waals surface area contributed by atoms with Crippen LogP contribution in [-0.4, -0.2) is 53.0 Å². The number of hydrogen-bond acceptors (Lipinski definition) is 3. The van der Waals surface area contributed by atoms with E-state index in [2.05, 4.69) is 5.11 Å². The summed E-state index contributed by atoms with van der Waals surface area (Å²) in [6.45, 7) is -0.0212. The maximum Gasteiger partial charge on any atom is 0.210 e. The van der Waals surface area contributed by atoms with E-state index in [-0.39, 0.29) is 6.90 Å². The van der Waals surface area contributed by atoms with Crippen LogP contribution in [-0.2, 0) is 9.47 Å². The molecule has 1 N–H and O–H groups in total. The van der Waals surface area contributed by atoms with E-state index in [0.29, 0.717) is 0 Å². The molecule has 12 heavy (non-hydrogen) atoms. The van der Waals surface area contributed by atoms with Crippen LogP contribution in [0, 0.1) is 0 Å². The summed E-state index contributed by atoms with van der Waals surface area (Å²) in [5.41, 5.74) is 0. The summed E-state index contributed by atoms with van der Waals surface area (Å²) in [5, 5.41) is 3.50. The van der Waals surface area contributed by atoms with Gasteiger partial charge in [0.15, 0.2) is 0 Å². The Kier molecular flexibility index (Phi) is 3.89. The van der Waals surface area contributed by atoms with Gasteiger partial charge in [-0.25, -0.2) is 4.39 Å². The first-order valence-electron chi connectivity index (χ1n) is 4.60. The molecule has 0 aliphatic carbocycles. The van der Waals surface area contributed by atoms with E-state index in [4.69, 9.17) is 20.1 Å². The van der Waals surface area contributed by atoms with Crippen LogP contribution in [0.3, 0.4) is 0 Å². The van der Waals surface area contributed by atoms with E-state index in [1.165, 1.54) is 14.2 Å². The number of methoxy groups -OCH3 is 1. The minimum atomic E-state index is -1.31. The maximum atomic E-state index is 13.0. The SMILES string of the molecule is [2H]C[C@H]1O[C@@H]([B])[C@@H](F)C1OC.[3H]OC. The Morgan fingerprint density at radius 1 is 1.92 bits per heavy atom. The molecule has 1 saturated heterocycles. The Labute approximate surface area is 76.2 Å². The van der Waals surface area contributed by atoms with Gasteiger partial charge in [-0.2, -0.15) is 0 Å². The Bertz CT molecular complexity index is 155. The van der Waals surface area contributed by atoms with Gasteiger partial charge in [-0.15, -0.1) is 0 Å². The average Bonchev–Trinajstić information content (AvgIpc) is 2.44. The van der Waals surface area contributed by atoms with Crippen molar-refractivity contribution in [1.29, 1.82) is 1.43 Å². The third-order valence-corrected chi connectivity index (χ3v) is 1.60. The third-order valence-electron chi connectivity index (χ3n) is 1.60. The van der Waals surface area contributed by atoms with Crippen LogP contribution in [0.2, 0.25) is 0 Å². The highest BCUT2D eigenvalue weighted by Crippen LogP contribution is 2.23. The summed E-state index contributed by atoms with van der Waals surface area (Å²) >= 11 is 0. The molecule has 2 radical (unpaired) electrons. The van der Waals surface area contributed by atoms with Crippen molar-refractivity contribution in [2.24, 2.45) is 0 Å². The van der Waals surface area contributed by atoms with E-state index >= 15 is 0 Å². The summed E-state index contributed by atoms with van der Waals surface area (Å²) < 4.78 is 35.4. The molecule has 0 aromatic carbocycles. The van der Waals surface area contributed by atoms with Gasteiger partial charge in [0.1, 0.15) is 20.1 Å². The van der Waals surface area contributed by atoms with Crippen molar-refractivity contribution in [3.63, 3.8) is 0 Å². The van der Waals surface area contributed by atoms with E-state index < -0.39 is 24.4 Å². The van der Waals surface area contributed by atoms with Gasteiger partial charge in [0.25, 0.3) is 0 Å². The zero-order valence-corrected chi connectivity index (χ0v) is 7.20. The van der Waals surface area contributed by atoms with Gasteiger partial charge in [0.05, 0.1) is 12.1 Å². The van der Waals surface area contributed by atoms with Crippen LogP contribution in [0.15, 0.2) is 0 Å². The molecule has 0 aromatic rings. The lowest BCUT2D eigenvalue weighted by atomic mass is 9.94. The number of aliphatic hydroxyl groups is 1. The van der Waals surface area contributed by atoms with Crippen molar-refractivity contribution in [3.05, 3.63) is 0 Å². The van der Waals surface area contributed by atoms with Crippen LogP contribution in [0.4, 0.5) is 4.39 Å². The van der Waals surface area contributed by atoms with E-state index in [1.807, 2.05) is 0 Å². The highest BCUT2D eigenvalue weighted by atomic mass is 19.1. The first kappa shape index (κ1) is 8.47. The predicted molar refractivity (Wildman–Crippen MR) is 43.9 cm³/mol. The lowest BCUT2D eigenvalue weighted by molar-refractivity contribution is 0.0126. The van der Waals surface area contributed by atoms with Gasteiger partial charge in [-0.1, -0.05) is 0 Å². The zero-order chi connectivity index (χ0) is 11.1.